The van der Waals surface area contributed by atoms with E-state index in [0.717, 1.165) is 5.75 Å². The number of urea groups is 1. The summed E-state index contributed by atoms with van der Waals surface area (Å²) in [7, 11) is 0. The fourth-order valence-electron chi connectivity index (χ4n) is 2.26. The van der Waals surface area contributed by atoms with E-state index < -0.39 is 0 Å². The Bertz CT molecular complexity index is 691. The van der Waals surface area contributed by atoms with Crippen molar-refractivity contribution in [1.82, 2.24) is 5.32 Å². The maximum absolute atomic E-state index is 11.8. The van der Waals surface area contributed by atoms with Gasteiger partial charge in [-0.25, -0.2) is 4.79 Å². The minimum atomic E-state index is -0.351. The molecule has 0 aliphatic rings. The molecule has 5 heteroatoms. The van der Waals surface area contributed by atoms with Gasteiger partial charge < -0.3 is 20.5 Å². The topological polar surface area (TPSA) is 70.6 Å². The molecule has 0 saturated heterocycles. The monoisotopic (exact) mass is 342 g/mol. The van der Waals surface area contributed by atoms with Gasteiger partial charge in [0, 0.05) is 6.54 Å². The summed E-state index contributed by atoms with van der Waals surface area (Å²) in [5.74, 6) is 0.867. The number of rotatable bonds is 6. The Balaban J connectivity index is 1.66. The Labute approximate surface area is 149 Å². The fraction of sp³-hybridized carbons (Fsp3) is 0.350. The lowest BCUT2D eigenvalue weighted by Crippen LogP contribution is -2.30. The molecule has 0 aliphatic carbocycles. The Morgan fingerprint density at radius 2 is 1.76 bits per heavy atom. The molecule has 0 unspecified atom stereocenters. The van der Waals surface area contributed by atoms with Crippen LogP contribution in [0, 0.1) is 0 Å². The number of para-hydroxylation sites is 2. The maximum Gasteiger partial charge on any atom is 0.319 e. The SMILES string of the molecule is CC(C)(C)c1ccc(OCCCNC(=O)Nc2ccccc2O)cc1. The molecule has 0 aromatic heterocycles. The van der Waals surface area contributed by atoms with Crippen molar-refractivity contribution in [2.75, 3.05) is 18.5 Å². The van der Waals surface area contributed by atoms with Crippen molar-refractivity contribution in [3.05, 3.63) is 54.1 Å². The van der Waals surface area contributed by atoms with Crippen LogP contribution in [0.25, 0.3) is 0 Å². The van der Waals surface area contributed by atoms with Crippen LogP contribution in [0.15, 0.2) is 48.5 Å². The Kier molecular flexibility index (Phi) is 6.28. The summed E-state index contributed by atoms with van der Waals surface area (Å²) < 4.78 is 5.68. The van der Waals surface area contributed by atoms with Crippen LogP contribution in [0.5, 0.6) is 11.5 Å². The number of phenolic OH excluding ortho intramolecular Hbond substituents is 1. The number of carbonyl (C=O) groups excluding carboxylic acids is 1. The van der Waals surface area contributed by atoms with Crippen molar-refractivity contribution in [1.29, 1.82) is 0 Å². The summed E-state index contributed by atoms with van der Waals surface area (Å²) in [5, 5.41) is 14.9. The van der Waals surface area contributed by atoms with Gasteiger partial charge in [0.25, 0.3) is 0 Å². The van der Waals surface area contributed by atoms with Crippen LogP contribution in [0.3, 0.4) is 0 Å². The first kappa shape index (κ1) is 18.6. The normalized spacial score (nSPS) is 11.0. The summed E-state index contributed by atoms with van der Waals surface area (Å²) in [6.07, 6.45) is 0.690. The van der Waals surface area contributed by atoms with Crippen LogP contribution in [0.4, 0.5) is 10.5 Å². The van der Waals surface area contributed by atoms with Crippen molar-refractivity contribution in [2.24, 2.45) is 0 Å². The van der Waals surface area contributed by atoms with E-state index in [1.165, 1.54) is 11.6 Å². The van der Waals surface area contributed by atoms with Gasteiger partial charge in [0.15, 0.2) is 0 Å². The van der Waals surface area contributed by atoms with E-state index in [0.29, 0.717) is 25.3 Å². The largest absolute Gasteiger partial charge is 0.506 e. The fourth-order valence-corrected chi connectivity index (χ4v) is 2.26. The molecule has 2 aromatic carbocycles. The molecule has 2 amide bonds. The smallest absolute Gasteiger partial charge is 0.319 e. The van der Waals surface area contributed by atoms with Crippen LogP contribution < -0.4 is 15.4 Å². The lowest BCUT2D eigenvalue weighted by atomic mass is 9.87. The van der Waals surface area contributed by atoms with E-state index in [-0.39, 0.29) is 17.2 Å². The van der Waals surface area contributed by atoms with Crippen molar-refractivity contribution < 1.29 is 14.6 Å². The number of phenols is 1. The second kappa shape index (κ2) is 8.42. The van der Waals surface area contributed by atoms with Gasteiger partial charge >= 0.3 is 6.03 Å². The summed E-state index contributed by atoms with van der Waals surface area (Å²) in [6, 6.07) is 14.3. The molecular formula is C20H26N2O3. The van der Waals surface area contributed by atoms with Crippen LogP contribution in [-0.2, 0) is 5.41 Å². The average molecular weight is 342 g/mol. The number of hydrogen-bond donors (Lipinski definition) is 3. The van der Waals surface area contributed by atoms with E-state index >= 15 is 0 Å². The van der Waals surface area contributed by atoms with Crippen molar-refractivity contribution >= 4 is 11.7 Å². The van der Waals surface area contributed by atoms with Gasteiger partial charge in [0.1, 0.15) is 11.5 Å². The second-order valence-corrected chi connectivity index (χ2v) is 6.87. The molecule has 0 radical (unpaired) electrons. The molecule has 2 aromatic rings. The average Bonchev–Trinajstić information content (AvgIpc) is 2.56. The molecule has 0 spiro atoms. The van der Waals surface area contributed by atoms with Gasteiger partial charge in [0.2, 0.25) is 0 Å². The predicted molar refractivity (Wildman–Crippen MR) is 100 cm³/mol. The maximum atomic E-state index is 11.8. The standard InChI is InChI=1S/C20H26N2O3/c1-20(2,3)15-9-11-16(12-10-15)25-14-6-13-21-19(24)22-17-7-4-5-8-18(17)23/h4-5,7-12,23H,6,13-14H2,1-3H3,(H2,21,22,24). The number of aromatic hydroxyl groups is 1. The molecule has 5 nitrogen and oxygen atoms in total. The Hall–Kier alpha value is -2.69. The summed E-state index contributed by atoms with van der Waals surface area (Å²) in [4.78, 5) is 11.8. The molecule has 0 heterocycles. The third-order valence-electron chi connectivity index (χ3n) is 3.75. The number of anilines is 1. The lowest BCUT2D eigenvalue weighted by Gasteiger charge is -2.19. The molecule has 2 rings (SSSR count). The number of ether oxygens (including phenoxy) is 1. The minimum Gasteiger partial charge on any atom is -0.506 e. The molecule has 0 atom stereocenters. The van der Waals surface area contributed by atoms with E-state index in [2.05, 4.69) is 43.5 Å². The molecular weight excluding hydrogens is 316 g/mol. The predicted octanol–water partition coefficient (Wildman–Crippen LogP) is 4.28. The lowest BCUT2D eigenvalue weighted by molar-refractivity contribution is 0.250. The molecule has 134 valence electrons. The zero-order valence-corrected chi connectivity index (χ0v) is 15.0. The number of hydrogen-bond acceptors (Lipinski definition) is 3. The zero-order valence-electron chi connectivity index (χ0n) is 15.0. The van der Waals surface area contributed by atoms with Crippen LogP contribution in [-0.4, -0.2) is 24.3 Å². The molecule has 0 bridgehead atoms. The summed E-state index contributed by atoms with van der Waals surface area (Å²) >= 11 is 0. The Morgan fingerprint density at radius 1 is 1.08 bits per heavy atom. The van der Waals surface area contributed by atoms with Crippen molar-refractivity contribution in [3.8, 4) is 11.5 Å². The molecule has 25 heavy (non-hydrogen) atoms. The van der Waals surface area contributed by atoms with Gasteiger partial charge in [-0.2, -0.15) is 0 Å². The highest BCUT2D eigenvalue weighted by atomic mass is 16.5. The highest BCUT2D eigenvalue weighted by molar-refractivity contribution is 5.90. The number of nitrogens with one attached hydrogen (secondary N) is 2. The van der Waals surface area contributed by atoms with Crippen molar-refractivity contribution in [2.45, 2.75) is 32.6 Å². The van der Waals surface area contributed by atoms with E-state index in [9.17, 15) is 9.90 Å². The highest BCUT2D eigenvalue weighted by Gasteiger charge is 2.12. The quantitative estimate of drug-likeness (QED) is 0.542. The first-order chi connectivity index (χ1) is 11.9. The summed E-state index contributed by atoms with van der Waals surface area (Å²) in [5.41, 5.74) is 1.78. The zero-order chi connectivity index (χ0) is 18.3. The third-order valence-corrected chi connectivity index (χ3v) is 3.75. The van der Waals surface area contributed by atoms with Gasteiger partial charge in [-0.15, -0.1) is 0 Å². The van der Waals surface area contributed by atoms with E-state index in [4.69, 9.17) is 4.74 Å². The molecule has 0 aliphatic heterocycles. The number of amides is 2. The third kappa shape index (κ3) is 6.03. The van der Waals surface area contributed by atoms with Crippen LogP contribution in [0.2, 0.25) is 0 Å². The minimum absolute atomic E-state index is 0.0414. The Morgan fingerprint density at radius 3 is 2.40 bits per heavy atom. The molecule has 0 fully saturated rings. The van der Waals surface area contributed by atoms with Gasteiger partial charge in [-0.1, -0.05) is 45.0 Å². The van der Waals surface area contributed by atoms with Crippen molar-refractivity contribution in [3.63, 3.8) is 0 Å². The van der Waals surface area contributed by atoms with Gasteiger partial charge in [-0.3, -0.25) is 0 Å². The number of carbonyl (C=O) groups is 1. The molecule has 0 saturated carbocycles. The second-order valence-electron chi connectivity index (χ2n) is 6.87. The number of benzene rings is 2. The highest BCUT2D eigenvalue weighted by Crippen LogP contribution is 2.24. The van der Waals surface area contributed by atoms with E-state index in [1.807, 2.05) is 12.1 Å². The first-order valence-electron chi connectivity index (χ1n) is 8.42. The van der Waals surface area contributed by atoms with E-state index in [1.54, 1.807) is 18.2 Å². The molecule has 3 N–H and O–H groups in total. The van der Waals surface area contributed by atoms with Gasteiger partial charge in [0.05, 0.1) is 12.3 Å². The van der Waals surface area contributed by atoms with Crippen LogP contribution >= 0.6 is 0 Å². The summed E-state index contributed by atoms with van der Waals surface area (Å²) in [6.45, 7) is 7.53. The first-order valence-corrected chi connectivity index (χ1v) is 8.42. The van der Waals surface area contributed by atoms with Gasteiger partial charge in [-0.05, 0) is 41.7 Å². The van der Waals surface area contributed by atoms with Crippen LogP contribution in [0.1, 0.15) is 32.8 Å².